The maximum Gasteiger partial charge on any atom is 0.0239 e. The Balaban J connectivity index is 2.13. The lowest BCUT2D eigenvalue weighted by molar-refractivity contribution is 0.126. The first-order valence-corrected chi connectivity index (χ1v) is 21.5. The molecule has 0 aliphatic carbocycles. The predicted octanol–water partition coefficient (Wildman–Crippen LogP) is 15.8. The van der Waals surface area contributed by atoms with Gasteiger partial charge in [0, 0.05) is 18.6 Å². The van der Waals surface area contributed by atoms with Gasteiger partial charge < -0.3 is 0 Å². The van der Waals surface area contributed by atoms with Crippen molar-refractivity contribution in [2.45, 2.75) is 252 Å². The van der Waals surface area contributed by atoms with E-state index in [1.165, 1.54) is 211 Å². The summed E-state index contributed by atoms with van der Waals surface area (Å²) in [6, 6.07) is 12.6. The second-order valence-corrected chi connectivity index (χ2v) is 15.3. The Morgan fingerprint density at radius 1 is 0.370 bits per heavy atom. The van der Waals surface area contributed by atoms with Crippen molar-refractivity contribution < 1.29 is 0 Å². The van der Waals surface area contributed by atoms with Crippen molar-refractivity contribution in [2.75, 3.05) is 0 Å². The van der Waals surface area contributed by atoms with E-state index in [-0.39, 0.29) is 0 Å². The van der Waals surface area contributed by atoms with Gasteiger partial charge in [0.1, 0.15) is 0 Å². The highest BCUT2D eigenvalue weighted by atomic mass is 15.2. The Hall–Kier alpha value is -0.820. The lowest BCUT2D eigenvalue weighted by atomic mass is 10.00. The lowest BCUT2D eigenvalue weighted by Gasteiger charge is -2.35. The van der Waals surface area contributed by atoms with Crippen molar-refractivity contribution >= 4 is 0 Å². The van der Waals surface area contributed by atoms with Crippen molar-refractivity contribution in [3.8, 4) is 0 Å². The molecule has 1 heteroatoms. The van der Waals surface area contributed by atoms with E-state index in [4.69, 9.17) is 0 Å². The molecule has 0 amide bonds. The van der Waals surface area contributed by atoms with Gasteiger partial charge in [-0.15, -0.1) is 0 Å². The molecule has 1 aromatic rings. The highest BCUT2D eigenvalue weighted by Crippen LogP contribution is 2.22. The zero-order chi connectivity index (χ0) is 33.2. The number of hydrogen-bond acceptors (Lipinski definition) is 1. The van der Waals surface area contributed by atoms with Gasteiger partial charge in [-0.05, 0) is 32.3 Å². The zero-order valence-electron chi connectivity index (χ0n) is 32.3. The molecule has 2 unspecified atom stereocenters. The Labute approximate surface area is 291 Å². The van der Waals surface area contributed by atoms with Crippen molar-refractivity contribution in [2.24, 2.45) is 0 Å². The fourth-order valence-corrected chi connectivity index (χ4v) is 7.49. The third-order valence-electron chi connectivity index (χ3n) is 10.8. The molecule has 0 aromatic heterocycles. The molecule has 0 aliphatic rings. The van der Waals surface area contributed by atoms with Gasteiger partial charge in [-0.25, -0.2) is 0 Å². The summed E-state index contributed by atoms with van der Waals surface area (Å²) in [5, 5.41) is 0. The van der Waals surface area contributed by atoms with E-state index in [0.717, 1.165) is 6.54 Å². The van der Waals surface area contributed by atoms with Gasteiger partial charge in [0.2, 0.25) is 0 Å². The van der Waals surface area contributed by atoms with E-state index in [1.807, 2.05) is 0 Å². The van der Waals surface area contributed by atoms with Crippen LogP contribution in [0.5, 0.6) is 0 Å². The molecule has 1 rings (SSSR count). The first kappa shape index (κ1) is 43.2. The van der Waals surface area contributed by atoms with E-state index in [2.05, 4.69) is 62.9 Å². The summed E-state index contributed by atoms with van der Waals surface area (Å²) in [4.78, 5) is 2.84. The molecule has 0 saturated heterocycles. The fraction of sp³-hybridized carbons (Fsp3) is 0.867. The Morgan fingerprint density at radius 3 is 0.913 bits per heavy atom. The van der Waals surface area contributed by atoms with Gasteiger partial charge in [-0.2, -0.15) is 0 Å². The van der Waals surface area contributed by atoms with Gasteiger partial charge in [-0.3, -0.25) is 4.90 Å². The smallest absolute Gasteiger partial charge is 0.0239 e. The molecule has 2 atom stereocenters. The first-order chi connectivity index (χ1) is 22.7. The second kappa shape index (κ2) is 34.1. The summed E-state index contributed by atoms with van der Waals surface area (Å²) in [5.74, 6) is 0. The molecule has 0 fully saturated rings. The summed E-state index contributed by atoms with van der Waals surface area (Å²) < 4.78 is 0. The third-order valence-corrected chi connectivity index (χ3v) is 10.8. The number of hydrogen-bond donors (Lipinski definition) is 0. The van der Waals surface area contributed by atoms with Gasteiger partial charge in [0.25, 0.3) is 0 Å². The molecule has 0 aliphatic heterocycles. The minimum atomic E-state index is 0.675. The minimum Gasteiger partial charge on any atom is -0.294 e. The summed E-state index contributed by atoms with van der Waals surface area (Å²) in [6.45, 7) is 10.8. The Kier molecular flexibility index (Phi) is 32.0. The van der Waals surface area contributed by atoms with Crippen LogP contribution in [0.3, 0.4) is 0 Å². The van der Waals surface area contributed by atoms with Crippen LogP contribution in [-0.2, 0) is 6.54 Å². The van der Waals surface area contributed by atoms with Crippen LogP contribution < -0.4 is 0 Å². The highest BCUT2D eigenvalue weighted by molar-refractivity contribution is 5.14. The van der Waals surface area contributed by atoms with E-state index in [9.17, 15) is 0 Å². The summed E-state index contributed by atoms with van der Waals surface area (Å²) in [7, 11) is 0. The topological polar surface area (TPSA) is 3.24 Å². The second-order valence-electron chi connectivity index (χ2n) is 15.3. The number of nitrogens with zero attached hydrogens (tertiary/aromatic N) is 1. The molecule has 0 saturated carbocycles. The van der Waals surface area contributed by atoms with Gasteiger partial charge in [0.05, 0.1) is 0 Å². The van der Waals surface area contributed by atoms with Gasteiger partial charge in [0.15, 0.2) is 0 Å². The number of benzene rings is 1. The molecule has 0 bridgehead atoms. The molecule has 1 aromatic carbocycles. The monoisotopic (exact) mass is 640 g/mol. The summed E-state index contributed by atoms with van der Waals surface area (Å²) in [6.07, 6.45) is 46.2. The fourth-order valence-electron chi connectivity index (χ4n) is 7.49. The Bertz CT molecular complexity index is 658. The van der Waals surface area contributed by atoms with Gasteiger partial charge in [-0.1, -0.05) is 237 Å². The predicted molar refractivity (Wildman–Crippen MR) is 210 cm³/mol. The standard InChI is InChI=1S/C45H85N/c1-5-7-9-11-13-15-17-19-21-23-25-27-29-31-34-38-43(3)46(42-45-40-36-33-37-41-45)44(4)39-35-32-30-28-26-24-22-20-18-16-14-12-10-8-6-2/h33,36-37,40-41,43-44H,5-32,34-35,38-39,42H2,1-4H3. The SMILES string of the molecule is CCCCCCCCCCCCCCCCCC(C)N(Cc1ccccc1)C(C)CCCCCCCCCCCCCCCCC. The van der Waals surface area contributed by atoms with Crippen LogP contribution in [0, 0.1) is 0 Å². The maximum absolute atomic E-state index is 2.84. The van der Waals surface area contributed by atoms with E-state index < -0.39 is 0 Å². The van der Waals surface area contributed by atoms with Crippen LogP contribution in [0.2, 0.25) is 0 Å². The average Bonchev–Trinajstić information content (AvgIpc) is 3.07. The molecular weight excluding hydrogens is 555 g/mol. The molecule has 0 spiro atoms. The van der Waals surface area contributed by atoms with Crippen molar-refractivity contribution in [1.29, 1.82) is 0 Å². The molecular formula is C45H85N. The summed E-state index contributed by atoms with van der Waals surface area (Å²) in [5.41, 5.74) is 1.48. The molecule has 0 heterocycles. The van der Waals surface area contributed by atoms with Crippen LogP contribution in [-0.4, -0.2) is 17.0 Å². The van der Waals surface area contributed by atoms with E-state index >= 15 is 0 Å². The zero-order valence-corrected chi connectivity index (χ0v) is 32.3. The molecule has 270 valence electrons. The van der Waals surface area contributed by atoms with E-state index in [0.29, 0.717) is 12.1 Å². The van der Waals surface area contributed by atoms with Crippen LogP contribution in [0.25, 0.3) is 0 Å². The van der Waals surface area contributed by atoms with Crippen LogP contribution in [0.15, 0.2) is 30.3 Å². The molecule has 1 nitrogen and oxygen atoms in total. The van der Waals surface area contributed by atoms with Crippen molar-refractivity contribution in [1.82, 2.24) is 4.90 Å². The normalized spacial score (nSPS) is 13.1. The lowest BCUT2D eigenvalue weighted by Crippen LogP contribution is -2.39. The number of rotatable bonds is 36. The quantitative estimate of drug-likeness (QED) is 0.0660. The van der Waals surface area contributed by atoms with E-state index in [1.54, 1.807) is 0 Å². The number of unbranched alkanes of at least 4 members (excludes halogenated alkanes) is 28. The molecule has 46 heavy (non-hydrogen) atoms. The third kappa shape index (κ3) is 27.2. The largest absolute Gasteiger partial charge is 0.294 e. The molecule has 0 radical (unpaired) electrons. The highest BCUT2D eigenvalue weighted by Gasteiger charge is 2.20. The minimum absolute atomic E-state index is 0.675. The first-order valence-electron chi connectivity index (χ1n) is 21.5. The molecule has 0 N–H and O–H groups in total. The van der Waals surface area contributed by atoms with Crippen LogP contribution in [0.1, 0.15) is 239 Å². The van der Waals surface area contributed by atoms with Crippen molar-refractivity contribution in [3.63, 3.8) is 0 Å². The average molecular weight is 640 g/mol. The van der Waals surface area contributed by atoms with Gasteiger partial charge >= 0.3 is 0 Å². The van der Waals surface area contributed by atoms with Crippen molar-refractivity contribution in [3.05, 3.63) is 35.9 Å². The van der Waals surface area contributed by atoms with Crippen LogP contribution >= 0.6 is 0 Å². The Morgan fingerprint density at radius 2 is 0.630 bits per heavy atom. The van der Waals surface area contributed by atoms with Crippen LogP contribution in [0.4, 0.5) is 0 Å². The maximum atomic E-state index is 2.84. The summed E-state index contributed by atoms with van der Waals surface area (Å²) >= 11 is 0.